The molecule has 4 nitrogen and oxygen atoms in total. The van der Waals surface area contributed by atoms with Crippen molar-refractivity contribution in [1.29, 1.82) is 0 Å². The van der Waals surface area contributed by atoms with Gasteiger partial charge in [-0.2, -0.15) is 13.9 Å². The van der Waals surface area contributed by atoms with Crippen LogP contribution in [0, 0.1) is 0 Å². The molecule has 21 heavy (non-hydrogen) atoms. The summed E-state index contributed by atoms with van der Waals surface area (Å²) in [6, 6.07) is -0.588. The van der Waals surface area contributed by atoms with Gasteiger partial charge in [0.25, 0.3) is 0 Å². The predicted molar refractivity (Wildman–Crippen MR) is 73.7 cm³/mol. The van der Waals surface area contributed by atoms with Crippen molar-refractivity contribution in [2.45, 2.75) is 38.2 Å². The minimum absolute atomic E-state index is 0.235. The average molecular weight is 376 g/mol. The maximum absolute atomic E-state index is 12.7. The van der Waals surface area contributed by atoms with Gasteiger partial charge in [-0.15, -0.1) is 0 Å². The molecule has 0 aliphatic carbocycles. The van der Waals surface area contributed by atoms with Crippen LogP contribution in [0.5, 0.6) is 0 Å². The first-order chi connectivity index (χ1) is 9.69. The second-order valence-corrected chi connectivity index (χ2v) is 5.52. The molecule has 0 saturated heterocycles. The third-order valence-electron chi connectivity index (χ3n) is 2.90. The van der Waals surface area contributed by atoms with Crippen LogP contribution in [-0.2, 0) is 24.6 Å². The first-order valence-corrected chi connectivity index (χ1v) is 7.17. The first-order valence-electron chi connectivity index (χ1n) is 6.38. The second-order valence-electron chi connectivity index (χ2n) is 4.73. The van der Waals surface area contributed by atoms with E-state index < -0.39 is 25.0 Å². The Morgan fingerprint density at radius 2 is 2.05 bits per heavy atom. The fourth-order valence-corrected chi connectivity index (χ4v) is 2.54. The van der Waals surface area contributed by atoms with Crippen LogP contribution in [0.3, 0.4) is 0 Å². The quantitative estimate of drug-likeness (QED) is 0.710. The highest BCUT2D eigenvalue weighted by Crippen LogP contribution is 2.24. The van der Waals surface area contributed by atoms with Gasteiger partial charge in [0, 0.05) is 19.5 Å². The molecule has 9 heteroatoms. The van der Waals surface area contributed by atoms with E-state index in [4.69, 9.17) is 5.73 Å². The predicted octanol–water partition coefficient (Wildman–Crippen LogP) is 2.53. The number of rotatable bonds is 8. The zero-order valence-electron chi connectivity index (χ0n) is 11.8. The number of hydrogen-bond donors (Lipinski definition) is 1. The Balaban J connectivity index is 2.51. The SMILES string of the molecule is CCc1nn(C)c(CC(N)COCC(F)(F)C(F)F)c1Br. The Bertz CT molecular complexity index is 468. The van der Waals surface area contributed by atoms with Crippen molar-refractivity contribution in [3.8, 4) is 0 Å². The van der Waals surface area contributed by atoms with Crippen molar-refractivity contribution in [2.75, 3.05) is 13.2 Å². The van der Waals surface area contributed by atoms with Gasteiger partial charge in [0.1, 0.15) is 6.61 Å². The van der Waals surface area contributed by atoms with Crippen LogP contribution in [0.4, 0.5) is 17.6 Å². The van der Waals surface area contributed by atoms with Gasteiger partial charge in [0.2, 0.25) is 0 Å². The lowest BCUT2D eigenvalue weighted by Crippen LogP contribution is -2.36. The minimum atomic E-state index is -4.15. The lowest BCUT2D eigenvalue weighted by Gasteiger charge is -2.17. The molecule has 1 unspecified atom stereocenters. The number of nitrogens with zero attached hydrogens (tertiary/aromatic N) is 2. The normalized spacial score (nSPS) is 14.0. The van der Waals surface area contributed by atoms with E-state index in [1.54, 1.807) is 11.7 Å². The molecule has 0 fully saturated rings. The van der Waals surface area contributed by atoms with Crippen LogP contribution in [0.15, 0.2) is 4.47 Å². The van der Waals surface area contributed by atoms with Crippen molar-refractivity contribution in [3.05, 3.63) is 15.9 Å². The maximum Gasteiger partial charge on any atom is 0.330 e. The number of hydrogen-bond acceptors (Lipinski definition) is 3. The van der Waals surface area contributed by atoms with Crippen LogP contribution >= 0.6 is 15.9 Å². The molecular formula is C12H18BrF4N3O. The minimum Gasteiger partial charge on any atom is -0.373 e. The molecule has 1 heterocycles. The molecule has 1 aromatic heterocycles. The summed E-state index contributed by atoms with van der Waals surface area (Å²) in [6.45, 7) is 0.374. The average Bonchev–Trinajstić information content (AvgIpc) is 2.65. The van der Waals surface area contributed by atoms with Crippen molar-refractivity contribution in [3.63, 3.8) is 0 Å². The molecule has 1 aromatic rings. The Labute approximate surface area is 128 Å². The Hall–Kier alpha value is -0.670. The monoisotopic (exact) mass is 375 g/mol. The molecule has 122 valence electrons. The fourth-order valence-electron chi connectivity index (χ4n) is 1.76. The summed E-state index contributed by atoms with van der Waals surface area (Å²) in [6.07, 6.45) is -2.67. The number of ether oxygens (including phenoxy) is 1. The molecule has 2 N–H and O–H groups in total. The highest BCUT2D eigenvalue weighted by atomic mass is 79.9. The van der Waals surface area contributed by atoms with Crippen molar-refractivity contribution >= 4 is 15.9 Å². The number of aryl methyl sites for hydroxylation is 2. The van der Waals surface area contributed by atoms with Crippen molar-refractivity contribution < 1.29 is 22.3 Å². The summed E-state index contributed by atoms with van der Waals surface area (Å²) in [5.41, 5.74) is 7.45. The van der Waals surface area contributed by atoms with Crippen molar-refractivity contribution in [1.82, 2.24) is 9.78 Å². The highest BCUT2D eigenvalue weighted by Gasteiger charge is 2.41. The largest absolute Gasteiger partial charge is 0.373 e. The smallest absolute Gasteiger partial charge is 0.330 e. The Kier molecular flexibility index (Phi) is 6.61. The van der Waals surface area contributed by atoms with E-state index in [1.807, 2.05) is 6.92 Å². The van der Waals surface area contributed by atoms with Crippen LogP contribution in [0.1, 0.15) is 18.3 Å². The summed E-state index contributed by atoms with van der Waals surface area (Å²) in [7, 11) is 1.75. The van der Waals surface area contributed by atoms with Crippen LogP contribution in [0.2, 0.25) is 0 Å². The maximum atomic E-state index is 12.7. The lowest BCUT2D eigenvalue weighted by molar-refractivity contribution is -0.166. The van der Waals surface area contributed by atoms with Crippen molar-refractivity contribution in [2.24, 2.45) is 12.8 Å². The number of halogens is 5. The van der Waals surface area contributed by atoms with Crippen LogP contribution in [0.25, 0.3) is 0 Å². The summed E-state index contributed by atoms with van der Waals surface area (Å²) in [4.78, 5) is 0. The van der Waals surface area contributed by atoms with E-state index in [-0.39, 0.29) is 6.61 Å². The Morgan fingerprint density at radius 3 is 2.52 bits per heavy atom. The van der Waals surface area contributed by atoms with E-state index in [1.165, 1.54) is 0 Å². The van der Waals surface area contributed by atoms with E-state index in [2.05, 4.69) is 25.8 Å². The van der Waals surface area contributed by atoms with Crippen LogP contribution < -0.4 is 5.73 Å². The molecule has 0 amide bonds. The number of alkyl halides is 4. The van der Waals surface area contributed by atoms with E-state index >= 15 is 0 Å². The summed E-state index contributed by atoms with van der Waals surface area (Å²) < 4.78 is 56.3. The third kappa shape index (κ3) is 4.93. The third-order valence-corrected chi connectivity index (χ3v) is 3.82. The topological polar surface area (TPSA) is 53.1 Å². The summed E-state index contributed by atoms with van der Waals surface area (Å²) in [5.74, 6) is -4.15. The fraction of sp³-hybridized carbons (Fsp3) is 0.750. The molecule has 0 saturated carbocycles. The molecule has 0 aromatic carbocycles. The van der Waals surface area contributed by atoms with Gasteiger partial charge in [-0.05, 0) is 22.4 Å². The summed E-state index contributed by atoms with van der Waals surface area (Å²) in [5, 5.41) is 4.28. The number of aromatic nitrogens is 2. The summed E-state index contributed by atoms with van der Waals surface area (Å²) >= 11 is 3.41. The van der Waals surface area contributed by atoms with Gasteiger partial charge in [0.05, 0.1) is 22.5 Å². The van der Waals surface area contributed by atoms with Gasteiger partial charge in [0.15, 0.2) is 0 Å². The van der Waals surface area contributed by atoms with Crippen LogP contribution in [-0.4, -0.2) is 41.4 Å². The molecule has 0 bridgehead atoms. The van der Waals surface area contributed by atoms with Gasteiger partial charge >= 0.3 is 12.3 Å². The second kappa shape index (κ2) is 7.55. The number of nitrogens with two attached hydrogens (primary N) is 1. The molecule has 0 spiro atoms. The molecule has 0 aliphatic rings. The Morgan fingerprint density at radius 1 is 1.43 bits per heavy atom. The molecular weight excluding hydrogens is 358 g/mol. The highest BCUT2D eigenvalue weighted by molar-refractivity contribution is 9.10. The van der Waals surface area contributed by atoms with Gasteiger partial charge in [-0.3, -0.25) is 4.68 Å². The lowest BCUT2D eigenvalue weighted by atomic mass is 10.1. The zero-order chi connectivity index (χ0) is 16.2. The van der Waals surface area contributed by atoms with E-state index in [9.17, 15) is 17.6 Å². The van der Waals surface area contributed by atoms with Gasteiger partial charge in [-0.25, -0.2) is 8.78 Å². The van der Waals surface area contributed by atoms with Gasteiger partial charge < -0.3 is 10.5 Å². The van der Waals surface area contributed by atoms with E-state index in [0.717, 1.165) is 22.3 Å². The first kappa shape index (κ1) is 18.4. The molecule has 1 rings (SSSR count). The zero-order valence-corrected chi connectivity index (χ0v) is 13.3. The molecule has 1 atom stereocenters. The van der Waals surface area contributed by atoms with Gasteiger partial charge in [-0.1, -0.05) is 6.92 Å². The molecule has 0 radical (unpaired) electrons. The van der Waals surface area contributed by atoms with E-state index in [0.29, 0.717) is 6.42 Å². The molecule has 0 aliphatic heterocycles. The standard InChI is InChI=1S/C12H18BrF4N3O/c1-3-8-10(13)9(20(2)19-8)4-7(18)5-21-6-12(16,17)11(14)15/h7,11H,3-6,18H2,1-2H3.